The van der Waals surface area contributed by atoms with Crippen LogP contribution in [-0.4, -0.2) is 31.6 Å². The van der Waals surface area contributed by atoms with Crippen LogP contribution >= 0.6 is 0 Å². The van der Waals surface area contributed by atoms with Gasteiger partial charge in [0.2, 0.25) is 0 Å². The van der Waals surface area contributed by atoms with Crippen molar-refractivity contribution >= 4 is 5.91 Å². The molecule has 1 fully saturated rings. The topological polar surface area (TPSA) is 50.4 Å². The van der Waals surface area contributed by atoms with Gasteiger partial charge in [-0.1, -0.05) is 30.3 Å². The van der Waals surface area contributed by atoms with Gasteiger partial charge in [-0.15, -0.1) is 0 Å². The third-order valence-corrected chi connectivity index (χ3v) is 3.08. The van der Waals surface area contributed by atoms with Crippen LogP contribution in [0.3, 0.4) is 0 Å². The van der Waals surface area contributed by atoms with E-state index in [4.69, 9.17) is 4.74 Å². The first kappa shape index (κ1) is 13.1. The normalized spacial score (nSPS) is 20.6. The molecule has 1 heterocycles. The lowest BCUT2D eigenvalue weighted by atomic mass is 10.1. The highest BCUT2D eigenvalue weighted by molar-refractivity contribution is 5.82. The summed E-state index contributed by atoms with van der Waals surface area (Å²) >= 11 is 0. The molecule has 0 aromatic heterocycles. The van der Waals surface area contributed by atoms with Crippen molar-refractivity contribution in [1.29, 1.82) is 0 Å². The summed E-state index contributed by atoms with van der Waals surface area (Å²) in [6, 6.07) is 9.85. The highest BCUT2D eigenvalue weighted by Gasteiger charge is 2.24. The summed E-state index contributed by atoms with van der Waals surface area (Å²) in [5.41, 5.74) is 0.905. The number of amides is 1. The predicted octanol–water partition coefficient (Wildman–Crippen LogP) is 1.24. The van der Waals surface area contributed by atoms with Gasteiger partial charge in [0.25, 0.3) is 5.91 Å². The van der Waals surface area contributed by atoms with Crippen molar-refractivity contribution < 1.29 is 9.53 Å². The Balaban J connectivity index is 2.02. The van der Waals surface area contributed by atoms with Crippen molar-refractivity contribution in [1.82, 2.24) is 10.6 Å². The van der Waals surface area contributed by atoms with E-state index in [1.165, 1.54) is 0 Å². The molecule has 0 bridgehead atoms. The Labute approximate surface area is 108 Å². The van der Waals surface area contributed by atoms with Crippen molar-refractivity contribution in [3.05, 3.63) is 35.9 Å². The van der Waals surface area contributed by atoms with Gasteiger partial charge in [0, 0.05) is 19.2 Å². The maximum absolute atomic E-state index is 12.2. The lowest BCUT2D eigenvalue weighted by Gasteiger charge is -2.19. The smallest absolute Gasteiger partial charge is 0.254 e. The number of rotatable bonds is 5. The molecule has 2 rings (SSSR count). The first-order chi connectivity index (χ1) is 8.81. The van der Waals surface area contributed by atoms with Gasteiger partial charge in [-0.05, 0) is 25.5 Å². The zero-order valence-corrected chi connectivity index (χ0v) is 10.7. The van der Waals surface area contributed by atoms with Gasteiger partial charge < -0.3 is 15.4 Å². The first-order valence-electron chi connectivity index (χ1n) is 6.49. The third kappa shape index (κ3) is 3.31. The Kier molecular flexibility index (Phi) is 4.73. The van der Waals surface area contributed by atoms with Crippen LogP contribution in [0.4, 0.5) is 0 Å². The average molecular weight is 248 g/mol. The van der Waals surface area contributed by atoms with Gasteiger partial charge in [-0.25, -0.2) is 0 Å². The summed E-state index contributed by atoms with van der Waals surface area (Å²) in [5, 5.41) is 6.27. The van der Waals surface area contributed by atoms with Gasteiger partial charge >= 0.3 is 0 Å². The minimum absolute atomic E-state index is 0.0447. The molecule has 0 radical (unpaired) electrons. The van der Waals surface area contributed by atoms with Gasteiger partial charge in [0.1, 0.15) is 0 Å². The van der Waals surface area contributed by atoms with E-state index in [9.17, 15) is 4.79 Å². The Morgan fingerprint density at radius 1 is 1.50 bits per heavy atom. The highest BCUT2D eigenvalue weighted by atomic mass is 16.5. The molecule has 1 aliphatic heterocycles. The van der Waals surface area contributed by atoms with Crippen LogP contribution in [-0.2, 0) is 9.53 Å². The Hall–Kier alpha value is -1.39. The molecule has 4 nitrogen and oxygen atoms in total. The van der Waals surface area contributed by atoms with Crippen molar-refractivity contribution in [2.75, 3.05) is 19.7 Å². The van der Waals surface area contributed by atoms with Crippen molar-refractivity contribution in [2.24, 2.45) is 0 Å². The number of benzene rings is 1. The van der Waals surface area contributed by atoms with Crippen LogP contribution in [0.5, 0.6) is 0 Å². The van der Waals surface area contributed by atoms with E-state index in [1.807, 2.05) is 37.3 Å². The third-order valence-electron chi connectivity index (χ3n) is 3.08. The van der Waals surface area contributed by atoms with Gasteiger partial charge in [-0.2, -0.15) is 0 Å². The van der Waals surface area contributed by atoms with Crippen LogP contribution in [0.1, 0.15) is 25.0 Å². The number of nitrogens with one attached hydrogen (secondary N) is 2. The quantitative estimate of drug-likeness (QED) is 0.824. The minimum Gasteiger partial charge on any atom is -0.364 e. The fourth-order valence-corrected chi connectivity index (χ4v) is 2.17. The van der Waals surface area contributed by atoms with E-state index in [2.05, 4.69) is 10.6 Å². The first-order valence-corrected chi connectivity index (χ1v) is 6.49. The molecule has 2 unspecified atom stereocenters. The molecule has 0 aliphatic carbocycles. The van der Waals surface area contributed by atoms with Crippen LogP contribution in [0.2, 0.25) is 0 Å². The zero-order valence-electron chi connectivity index (χ0n) is 10.7. The van der Waals surface area contributed by atoms with Crippen LogP contribution < -0.4 is 10.6 Å². The number of hydrogen-bond donors (Lipinski definition) is 2. The summed E-state index contributed by atoms with van der Waals surface area (Å²) < 4.78 is 5.57. The number of carbonyl (C=O) groups is 1. The average Bonchev–Trinajstić information content (AvgIpc) is 2.89. The molecule has 1 amide bonds. The second kappa shape index (κ2) is 6.52. The molecule has 1 aromatic rings. The van der Waals surface area contributed by atoms with Crippen LogP contribution in [0, 0.1) is 0 Å². The molecule has 0 saturated carbocycles. The van der Waals surface area contributed by atoms with E-state index >= 15 is 0 Å². The Morgan fingerprint density at radius 3 is 2.89 bits per heavy atom. The second-order valence-corrected chi connectivity index (χ2v) is 4.44. The van der Waals surface area contributed by atoms with E-state index in [0.717, 1.165) is 25.1 Å². The van der Waals surface area contributed by atoms with Gasteiger partial charge in [-0.3, -0.25) is 4.79 Å². The molecule has 4 heteroatoms. The Bertz CT molecular complexity index is 375. The molecule has 2 N–H and O–H groups in total. The molecule has 2 atom stereocenters. The summed E-state index contributed by atoms with van der Waals surface area (Å²) in [4.78, 5) is 12.2. The predicted molar refractivity (Wildman–Crippen MR) is 70.2 cm³/mol. The molecule has 1 aliphatic rings. The van der Waals surface area contributed by atoms with Crippen molar-refractivity contribution in [3.63, 3.8) is 0 Å². The molecule has 18 heavy (non-hydrogen) atoms. The highest BCUT2D eigenvalue weighted by Crippen LogP contribution is 2.17. The van der Waals surface area contributed by atoms with E-state index in [1.54, 1.807) is 0 Å². The maximum atomic E-state index is 12.2. The largest absolute Gasteiger partial charge is 0.364 e. The molecule has 1 aromatic carbocycles. The molecule has 1 saturated heterocycles. The fourth-order valence-electron chi connectivity index (χ4n) is 2.17. The standard InChI is InChI=1S/C14H20N2O2/c1-2-18-13(11-6-4-3-5-7-11)14(17)16-12-8-9-15-10-12/h3-7,12-13,15H,2,8-10H2,1H3,(H,16,17). The number of hydrogen-bond acceptors (Lipinski definition) is 3. The zero-order chi connectivity index (χ0) is 12.8. The monoisotopic (exact) mass is 248 g/mol. The second-order valence-electron chi connectivity index (χ2n) is 4.44. The van der Waals surface area contributed by atoms with Crippen LogP contribution in [0.25, 0.3) is 0 Å². The van der Waals surface area contributed by atoms with E-state index in [0.29, 0.717) is 6.61 Å². The van der Waals surface area contributed by atoms with Gasteiger partial charge in [0.05, 0.1) is 0 Å². The lowest BCUT2D eigenvalue weighted by molar-refractivity contribution is -0.133. The summed E-state index contributed by atoms with van der Waals surface area (Å²) in [6.45, 7) is 4.24. The lowest BCUT2D eigenvalue weighted by Crippen LogP contribution is -2.40. The minimum atomic E-state index is -0.503. The van der Waals surface area contributed by atoms with Crippen LogP contribution in [0.15, 0.2) is 30.3 Å². The van der Waals surface area contributed by atoms with Gasteiger partial charge in [0.15, 0.2) is 6.10 Å². The van der Waals surface area contributed by atoms with E-state index < -0.39 is 6.10 Å². The molecular formula is C14H20N2O2. The summed E-state index contributed by atoms with van der Waals surface area (Å²) in [6.07, 6.45) is 0.483. The number of ether oxygens (including phenoxy) is 1. The molecule has 0 spiro atoms. The number of carbonyl (C=O) groups excluding carboxylic acids is 1. The van der Waals surface area contributed by atoms with Crippen molar-refractivity contribution in [3.8, 4) is 0 Å². The summed E-state index contributed by atoms with van der Waals surface area (Å²) in [7, 11) is 0. The van der Waals surface area contributed by atoms with E-state index in [-0.39, 0.29) is 11.9 Å². The van der Waals surface area contributed by atoms with Crippen molar-refractivity contribution in [2.45, 2.75) is 25.5 Å². The molecular weight excluding hydrogens is 228 g/mol. The SMILES string of the molecule is CCOC(C(=O)NC1CCNC1)c1ccccc1. The fraction of sp³-hybridized carbons (Fsp3) is 0.500. The summed E-state index contributed by atoms with van der Waals surface area (Å²) in [5.74, 6) is -0.0447. The molecule has 98 valence electrons. The maximum Gasteiger partial charge on any atom is 0.254 e. The Morgan fingerprint density at radius 2 is 2.28 bits per heavy atom.